The lowest BCUT2D eigenvalue weighted by Crippen LogP contribution is -2.51. The van der Waals surface area contributed by atoms with Crippen molar-refractivity contribution in [1.82, 2.24) is 24.8 Å². The van der Waals surface area contributed by atoms with Crippen molar-refractivity contribution in [3.63, 3.8) is 0 Å². The van der Waals surface area contributed by atoms with Crippen molar-refractivity contribution in [1.29, 1.82) is 0 Å². The van der Waals surface area contributed by atoms with E-state index in [0.29, 0.717) is 54.3 Å². The van der Waals surface area contributed by atoms with E-state index in [2.05, 4.69) is 37.8 Å². The summed E-state index contributed by atoms with van der Waals surface area (Å²) in [5.41, 5.74) is -0.287. The van der Waals surface area contributed by atoms with Crippen LogP contribution in [0.2, 0.25) is 0 Å². The van der Waals surface area contributed by atoms with Crippen molar-refractivity contribution in [2.24, 2.45) is 0 Å². The van der Waals surface area contributed by atoms with Gasteiger partial charge in [0.15, 0.2) is 11.2 Å². The van der Waals surface area contributed by atoms with Crippen LogP contribution >= 0.6 is 15.9 Å². The molecule has 14 heteroatoms. The zero-order valence-corrected chi connectivity index (χ0v) is 24.8. The minimum atomic E-state index is -4.53. The molecule has 1 aliphatic rings. The smallest absolute Gasteiger partial charge is 0.412 e. The number of carbonyl (C=O) groups is 2. The molecule has 0 spiro atoms. The standard InChI is InChI=1S/C26H34BrF3N6O4/c1-7-17-20(34-10-12-35(13-11-34)24(39)40-25(4,5)6)21(38)19-23(32-16(3)22(27)33-19)36(17)14-18(37)31-9-8-15(2)26(28,29)30/h2,7-14H2,1,3-6H3,(H,31,37). The number of aromatic nitrogens is 3. The van der Waals surface area contributed by atoms with Crippen LogP contribution in [0.3, 0.4) is 0 Å². The highest BCUT2D eigenvalue weighted by Gasteiger charge is 2.32. The number of aryl methyl sites for hydroxylation is 1. The van der Waals surface area contributed by atoms with Crippen LogP contribution in [0.15, 0.2) is 21.5 Å². The second kappa shape index (κ2) is 12.1. The van der Waals surface area contributed by atoms with Crippen molar-refractivity contribution < 1.29 is 27.5 Å². The molecule has 3 rings (SSSR count). The molecule has 10 nitrogen and oxygen atoms in total. The van der Waals surface area contributed by atoms with Gasteiger partial charge in [0.1, 0.15) is 22.4 Å². The van der Waals surface area contributed by atoms with Crippen LogP contribution in [-0.4, -0.2) is 75.9 Å². The summed E-state index contributed by atoms with van der Waals surface area (Å²) in [6.07, 6.45) is -5.05. The summed E-state index contributed by atoms with van der Waals surface area (Å²) < 4.78 is 45.7. The van der Waals surface area contributed by atoms with Gasteiger partial charge in [-0.1, -0.05) is 13.5 Å². The van der Waals surface area contributed by atoms with Gasteiger partial charge in [0.05, 0.1) is 5.69 Å². The number of piperazine rings is 1. The maximum Gasteiger partial charge on any atom is 0.412 e. The first-order chi connectivity index (χ1) is 18.5. The number of carbonyl (C=O) groups excluding carboxylic acids is 2. The third-order valence-corrected chi connectivity index (χ3v) is 7.06. The SMILES string of the molecule is C=C(CCNC(=O)Cn1c(CC)c(N2CCN(C(=O)OC(C)(C)C)CC2)c(=O)c2nc(Br)c(C)nc21)C(F)(F)F. The summed E-state index contributed by atoms with van der Waals surface area (Å²) in [6, 6.07) is 0. The molecule has 40 heavy (non-hydrogen) atoms. The van der Waals surface area contributed by atoms with E-state index in [1.807, 2.05) is 11.8 Å². The minimum Gasteiger partial charge on any atom is -0.444 e. The second-order valence-corrected chi connectivity index (χ2v) is 11.2. The normalized spacial score (nSPS) is 14.4. The molecule has 0 radical (unpaired) electrons. The molecule has 2 aromatic rings. The predicted molar refractivity (Wildman–Crippen MR) is 148 cm³/mol. The molecule has 2 aromatic heterocycles. The molecule has 0 atom stereocenters. The van der Waals surface area contributed by atoms with Gasteiger partial charge in [0, 0.05) is 44.0 Å². The second-order valence-electron chi connectivity index (χ2n) is 10.5. The molecular formula is C26H34BrF3N6O4. The van der Waals surface area contributed by atoms with Crippen molar-refractivity contribution in [2.75, 3.05) is 37.6 Å². The van der Waals surface area contributed by atoms with Crippen LogP contribution in [0.25, 0.3) is 11.2 Å². The van der Waals surface area contributed by atoms with E-state index in [4.69, 9.17) is 4.74 Å². The van der Waals surface area contributed by atoms with Gasteiger partial charge in [-0.2, -0.15) is 13.2 Å². The molecular weight excluding hydrogens is 597 g/mol. The lowest BCUT2D eigenvalue weighted by Gasteiger charge is -2.37. The number of hydrogen-bond acceptors (Lipinski definition) is 7. The Hall–Kier alpha value is -3.16. The number of ether oxygens (including phenoxy) is 1. The molecule has 0 bridgehead atoms. The number of fused-ring (bicyclic) bond motifs is 1. The Bertz CT molecular complexity index is 1360. The average Bonchev–Trinajstić information content (AvgIpc) is 2.85. The van der Waals surface area contributed by atoms with Crippen LogP contribution in [0.1, 0.15) is 45.5 Å². The average molecular weight is 631 g/mol. The van der Waals surface area contributed by atoms with Gasteiger partial charge < -0.3 is 24.4 Å². The molecule has 1 N–H and O–H groups in total. The number of nitrogens with zero attached hydrogens (tertiary/aromatic N) is 5. The number of rotatable bonds is 7. The molecule has 220 valence electrons. The van der Waals surface area contributed by atoms with Gasteiger partial charge in [0.25, 0.3) is 0 Å². The lowest BCUT2D eigenvalue weighted by molar-refractivity contribution is -0.122. The van der Waals surface area contributed by atoms with Crippen molar-refractivity contribution >= 4 is 44.8 Å². The van der Waals surface area contributed by atoms with Crippen molar-refractivity contribution in [3.8, 4) is 0 Å². The Morgan fingerprint density at radius 2 is 1.75 bits per heavy atom. The number of anilines is 1. The van der Waals surface area contributed by atoms with Crippen molar-refractivity contribution in [3.05, 3.63) is 38.4 Å². The number of amides is 2. The largest absolute Gasteiger partial charge is 0.444 e. The van der Waals surface area contributed by atoms with Gasteiger partial charge >= 0.3 is 12.3 Å². The summed E-state index contributed by atoms with van der Waals surface area (Å²) in [5, 5.41) is 2.50. The van der Waals surface area contributed by atoms with E-state index in [-0.39, 0.29) is 29.7 Å². The Kier molecular flexibility index (Phi) is 9.53. The molecule has 0 aliphatic carbocycles. The van der Waals surface area contributed by atoms with Gasteiger partial charge in [0.2, 0.25) is 11.3 Å². The molecule has 1 aliphatic heterocycles. The molecule has 0 aromatic carbocycles. The van der Waals surface area contributed by atoms with E-state index >= 15 is 0 Å². The van der Waals surface area contributed by atoms with Gasteiger partial charge in [-0.25, -0.2) is 14.8 Å². The first kappa shape index (κ1) is 31.4. The fourth-order valence-corrected chi connectivity index (χ4v) is 4.58. The Morgan fingerprint density at radius 3 is 2.30 bits per heavy atom. The van der Waals surface area contributed by atoms with E-state index < -0.39 is 35.8 Å². The zero-order valence-electron chi connectivity index (χ0n) is 23.2. The number of pyridine rings is 1. The summed E-state index contributed by atoms with van der Waals surface area (Å²) >= 11 is 3.32. The third-order valence-electron chi connectivity index (χ3n) is 6.31. The number of halogens is 4. The highest BCUT2D eigenvalue weighted by molar-refractivity contribution is 9.10. The Balaban J connectivity index is 1.95. The number of hydrogen-bond donors (Lipinski definition) is 1. The van der Waals surface area contributed by atoms with Crippen LogP contribution in [0, 0.1) is 6.92 Å². The first-order valence-corrected chi connectivity index (χ1v) is 13.7. The molecule has 0 saturated carbocycles. The molecule has 1 fully saturated rings. The summed E-state index contributed by atoms with van der Waals surface area (Å²) in [4.78, 5) is 51.5. The van der Waals surface area contributed by atoms with E-state index in [1.165, 1.54) is 0 Å². The van der Waals surface area contributed by atoms with Crippen LogP contribution < -0.4 is 15.6 Å². The van der Waals surface area contributed by atoms with Crippen molar-refractivity contribution in [2.45, 2.75) is 65.8 Å². The maximum absolute atomic E-state index is 13.8. The molecule has 0 unspecified atom stereocenters. The maximum atomic E-state index is 13.8. The Labute approximate surface area is 238 Å². The van der Waals surface area contributed by atoms with E-state index in [9.17, 15) is 27.6 Å². The monoisotopic (exact) mass is 630 g/mol. The van der Waals surface area contributed by atoms with Gasteiger partial charge in [-0.3, -0.25) is 9.59 Å². The van der Waals surface area contributed by atoms with Crippen LogP contribution in [-0.2, 0) is 22.5 Å². The fourth-order valence-electron chi connectivity index (χ4n) is 4.31. The zero-order chi connectivity index (χ0) is 30.0. The molecule has 2 amide bonds. The lowest BCUT2D eigenvalue weighted by atomic mass is 10.1. The third kappa shape index (κ3) is 7.32. The van der Waals surface area contributed by atoms with E-state index in [0.717, 1.165) is 0 Å². The van der Waals surface area contributed by atoms with Crippen LogP contribution in [0.5, 0.6) is 0 Å². The summed E-state index contributed by atoms with van der Waals surface area (Å²) in [5.74, 6) is -0.544. The van der Waals surface area contributed by atoms with Gasteiger partial charge in [-0.05, 0) is 56.5 Å². The topological polar surface area (TPSA) is 110 Å². The highest BCUT2D eigenvalue weighted by Crippen LogP contribution is 2.27. The molecule has 3 heterocycles. The molecule has 1 saturated heterocycles. The number of nitrogens with one attached hydrogen (secondary N) is 1. The first-order valence-electron chi connectivity index (χ1n) is 12.9. The Morgan fingerprint density at radius 1 is 1.12 bits per heavy atom. The highest BCUT2D eigenvalue weighted by atomic mass is 79.9. The van der Waals surface area contributed by atoms with E-state index in [1.54, 1.807) is 37.2 Å². The number of alkyl halides is 3. The van der Waals surface area contributed by atoms with Gasteiger partial charge in [-0.15, -0.1) is 0 Å². The van der Waals surface area contributed by atoms with Crippen LogP contribution in [0.4, 0.5) is 23.7 Å². The quantitative estimate of drug-likeness (QED) is 0.459. The summed E-state index contributed by atoms with van der Waals surface area (Å²) in [7, 11) is 0. The summed E-state index contributed by atoms with van der Waals surface area (Å²) in [6.45, 7) is 12.7. The minimum absolute atomic E-state index is 0.0532. The fraction of sp³-hybridized carbons (Fsp3) is 0.577. The predicted octanol–water partition coefficient (Wildman–Crippen LogP) is 4.11.